The molecule has 0 unspecified atom stereocenters. The molecule has 126 valence electrons. The first kappa shape index (κ1) is 17.3. The summed E-state index contributed by atoms with van der Waals surface area (Å²) < 4.78 is 6.85. The predicted molar refractivity (Wildman–Crippen MR) is 118 cm³/mol. The summed E-state index contributed by atoms with van der Waals surface area (Å²) in [7, 11) is 0. The Balaban J connectivity index is 2.12. The molecule has 26 heavy (non-hydrogen) atoms. The Hall–Kier alpha value is -2.08. The normalized spacial score (nSPS) is 11.3. The van der Waals surface area contributed by atoms with Crippen LogP contribution in [0, 0.1) is 0 Å². The zero-order chi connectivity index (χ0) is 17.8. The summed E-state index contributed by atoms with van der Waals surface area (Å²) in [4.78, 5) is 0. The van der Waals surface area contributed by atoms with Crippen LogP contribution < -0.4 is 17.4 Å². The Labute approximate surface area is 166 Å². The van der Waals surface area contributed by atoms with E-state index in [1.54, 1.807) is 0 Å². The molecule has 0 amide bonds. The number of benzene rings is 4. The van der Waals surface area contributed by atoms with Crippen molar-refractivity contribution < 1.29 is 0 Å². The number of rotatable bonds is 4. The Bertz CT molecular complexity index is 868. The van der Waals surface area contributed by atoms with Gasteiger partial charge in [0, 0.05) is 0 Å². The number of halogens is 1. The molecule has 0 spiro atoms. The van der Waals surface area contributed by atoms with Crippen molar-refractivity contribution in [2.75, 3.05) is 0 Å². The van der Waals surface area contributed by atoms with Crippen molar-refractivity contribution in [3.05, 3.63) is 120 Å². The van der Waals surface area contributed by atoms with Crippen molar-refractivity contribution in [2.45, 2.75) is 0 Å². The minimum atomic E-state index is -2.82. The van der Waals surface area contributed by atoms with Gasteiger partial charge in [-0.25, -0.2) is 0 Å². The van der Waals surface area contributed by atoms with Gasteiger partial charge in [-0.1, -0.05) is 0 Å². The summed E-state index contributed by atoms with van der Waals surface area (Å²) in [6, 6.07) is 42.0. The van der Waals surface area contributed by atoms with Crippen LogP contribution in [0.25, 0.3) is 0 Å². The van der Waals surface area contributed by atoms with Crippen LogP contribution in [0.3, 0.4) is 0 Å². The molecule has 0 aliphatic carbocycles. The van der Waals surface area contributed by atoms with Crippen LogP contribution in [0.15, 0.2) is 120 Å². The zero-order valence-corrected chi connectivity index (χ0v) is 17.8. The van der Waals surface area contributed by atoms with Crippen LogP contribution in [0.5, 0.6) is 0 Å². The van der Waals surface area contributed by atoms with Crippen molar-refractivity contribution >= 4 is 46.9 Å². The molecular weight excluding hydrogens is 443 g/mol. The molecule has 4 aromatic rings. The molecule has 4 rings (SSSR count). The van der Waals surface area contributed by atoms with Crippen molar-refractivity contribution in [2.24, 2.45) is 0 Å². The molecule has 2 heteroatoms. The van der Waals surface area contributed by atoms with E-state index in [0.29, 0.717) is 0 Å². The van der Waals surface area contributed by atoms with Gasteiger partial charge in [0.05, 0.1) is 0 Å². The average molecular weight is 462 g/mol. The third-order valence-corrected chi connectivity index (χ3v) is 14.2. The van der Waals surface area contributed by atoms with E-state index in [1.807, 2.05) is 0 Å². The molecule has 0 N–H and O–H groups in total. The molecule has 0 saturated heterocycles. The van der Waals surface area contributed by atoms with Gasteiger partial charge in [-0.15, -0.1) is 0 Å². The second kappa shape index (κ2) is 7.66. The molecule has 0 aliphatic heterocycles. The third-order valence-electron chi connectivity index (χ3n) is 4.64. The van der Waals surface area contributed by atoms with E-state index in [-0.39, 0.29) is 0 Å². The Kier molecular flexibility index (Phi) is 5.11. The second-order valence-corrected chi connectivity index (χ2v) is 14.2. The zero-order valence-electron chi connectivity index (χ0n) is 14.3. The van der Waals surface area contributed by atoms with Crippen molar-refractivity contribution in [1.29, 1.82) is 0 Å². The monoisotopic (exact) mass is 461 g/mol. The van der Waals surface area contributed by atoms with Crippen molar-refractivity contribution in [3.63, 3.8) is 0 Å². The predicted octanol–water partition coefficient (Wildman–Crippen LogP) is 3.83. The standard InChI is InChI=1S/C24H19AsBr/c26-24-18-16-23(17-19-24)25(20-10-4-1-5-11-20,21-12-6-2-7-13-21)22-14-8-3-9-15-22/h1-19H/q+1. The maximum absolute atomic E-state index is 3.60. The minimum absolute atomic E-state index is 1.11. The van der Waals surface area contributed by atoms with E-state index in [4.69, 9.17) is 0 Å². The van der Waals surface area contributed by atoms with Crippen LogP contribution in [0.4, 0.5) is 0 Å². The summed E-state index contributed by atoms with van der Waals surface area (Å²) in [5, 5.41) is 0. The summed E-state index contributed by atoms with van der Waals surface area (Å²) >= 11 is 0.784. The Morgan fingerprint density at radius 2 is 0.692 bits per heavy atom. The summed E-state index contributed by atoms with van der Waals surface area (Å²) in [5.74, 6) is 0. The maximum atomic E-state index is 3.60. The molecule has 4 aromatic carbocycles. The number of hydrogen-bond donors (Lipinski definition) is 0. The first-order chi connectivity index (χ1) is 12.8. The first-order valence-electron chi connectivity index (χ1n) is 8.64. The van der Waals surface area contributed by atoms with E-state index >= 15 is 0 Å². The summed E-state index contributed by atoms with van der Waals surface area (Å²) in [5.41, 5.74) is 0. The molecule has 0 radical (unpaired) electrons. The van der Waals surface area contributed by atoms with E-state index in [2.05, 4.69) is 131 Å². The molecule has 0 saturated carbocycles. The van der Waals surface area contributed by atoms with Gasteiger partial charge < -0.3 is 0 Å². The number of hydrogen-bond acceptors (Lipinski definition) is 0. The van der Waals surface area contributed by atoms with E-state index in [0.717, 1.165) is 4.47 Å². The molecular formula is C24H19AsBr+. The molecule has 0 aliphatic rings. The van der Waals surface area contributed by atoms with Gasteiger partial charge in [0.15, 0.2) is 0 Å². The quantitative estimate of drug-likeness (QED) is 0.405. The molecule has 0 bridgehead atoms. The molecule has 0 aromatic heterocycles. The van der Waals surface area contributed by atoms with Gasteiger partial charge in [-0.3, -0.25) is 0 Å². The van der Waals surface area contributed by atoms with Gasteiger partial charge >= 0.3 is 167 Å². The average Bonchev–Trinajstić information content (AvgIpc) is 2.72. The van der Waals surface area contributed by atoms with Gasteiger partial charge in [0.2, 0.25) is 0 Å². The Morgan fingerprint density at radius 3 is 1.04 bits per heavy atom. The van der Waals surface area contributed by atoms with Crippen molar-refractivity contribution in [3.8, 4) is 0 Å². The summed E-state index contributed by atoms with van der Waals surface area (Å²) in [6.07, 6.45) is 0. The molecule has 0 atom stereocenters. The fourth-order valence-corrected chi connectivity index (χ4v) is 12.7. The summed E-state index contributed by atoms with van der Waals surface area (Å²) in [6.45, 7) is 0. The Morgan fingerprint density at radius 1 is 0.385 bits per heavy atom. The van der Waals surface area contributed by atoms with E-state index in [1.165, 1.54) is 17.4 Å². The van der Waals surface area contributed by atoms with Gasteiger partial charge in [-0.05, 0) is 0 Å². The van der Waals surface area contributed by atoms with Gasteiger partial charge in [0.25, 0.3) is 0 Å². The first-order valence-corrected chi connectivity index (χ1v) is 13.2. The third kappa shape index (κ3) is 3.07. The SMILES string of the molecule is Brc1ccc([As+](c2ccccc2)(c2ccccc2)c2ccccc2)cc1. The molecule has 0 fully saturated rings. The van der Waals surface area contributed by atoms with Gasteiger partial charge in [-0.2, -0.15) is 0 Å². The fraction of sp³-hybridized carbons (Fsp3) is 0. The van der Waals surface area contributed by atoms with Crippen LogP contribution in [-0.4, -0.2) is 13.6 Å². The molecule has 0 nitrogen and oxygen atoms in total. The fourth-order valence-electron chi connectivity index (χ4n) is 3.51. The second-order valence-electron chi connectivity index (χ2n) is 6.15. The topological polar surface area (TPSA) is 0 Å². The van der Waals surface area contributed by atoms with Gasteiger partial charge in [0.1, 0.15) is 0 Å². The van der Waals surface area contributed by atoms with Crippen molar-refractivity contribution in [1.82, 2.24) is 0 Å². The van der Waals surface area contributed by atoms with Crippen LogP contribution in [0.1, 0.15) is 0 Å². The van der Waals surface area contributed by atoms with E-state index < -0.39 is 13.6 Å². The van der Waals surface area contributed by atoms with Crippen LogP contribution in [-0.2, 0) is 0 Å². The van der Waals surface area contributed by atoms with Crippen LogP contribution >= 0.6 is 15.9 Å². The molecule has 0 heterocycles. The van der Waals surface area contributed by atoms with Crippen LogP contribution in [0.2, 0.25) is 0 Å². The van der Waals surface area contributed by atoms with E-state index in [9.17, 15) is 0 Å².